The molecule has 0 unspecified atom stereocenters. The van der Waals surface area contributed by atoms with Gasteiger partial charge in [-0.05, 0) is 36.8 Å². The first kappa shape index (κ1) is 17.5. The Balaban J connectivity index is 1.98. The second kappa shape index (κ2) is 7.30. The number of benzene rings is 2. The third kappa shape index (κ3) is 3.86. The topological polar surface area (TPSA) is 46.9 Å². The summed E-state index contributed by atoms with van der Waals surface area (Å²) >= 11 is 12.3. The molecule has 0 aliphatic rings. The summed E-state index contributed by atoms with van der Waals surface area (Å²) in [5, 5.41) is 4.03. The first-order valence-electron chi connectivity index (χ1n) is 7.77. The molecule has 0 fully saturated rings. The molecule has 0 atom stereocenters. The predicted molar refractivity (Wildman–Crippen MR) is 102 cm³/mol. The third-order valence-corrected chi connectivity index (χ3v) is 4.46. The fraction of sp³-hybridized carbons (Fsp3) is 0.158. The Kier molecular flexibility index (Phi) is 5.11. The van der Waals surface area contributed by atoms with Crippen LogP contribution in [0.5, 0.6) is 0 Å². The third-order valence-electron chi connectivity index (χ3n) is 3.87. The van der Waals surface area contributed by atoms with Crippen LogP contribution in [0.25, 0.3) is 11.0 Å². The summed E-state index contributed by atoms with van der Waals surface area (Å²) in [7, 11) is 0. The summed E-state index contributed by atoms with van der Waals surface area (Å²) in [6.07, 6.45) is 0. The summed E-state index contributed by atoms with van der Waals surface area (Å²) in [6, 6.07) is 13.3. The molecule has 3 rings (SSSR count). The maximum atomic E-state index is 11.8. The number of para-hydroxylation sites is 2. The van der Waals surface area contributed by atoms with Crippen molar-refractivity contribution in [2.75, 3.05) is 0 Å². The number of nitrogens with zero attached hydrogens (tertiary/aromatic N) is 2. The lowest BCUT2D eigenvalue weighted by Gasteiger charge is -2.12. The van der Waals surface area contributed by atoms with Crippen LogP contribution in [0.4, 0.5) is 0 Å². The number of nitrogens with one attached hydrogen (secondary N) is 1. The van der Waals surface area contributed by atoms with Crippen molar-refractivity contribution in [2.24, 2.45) is 0 Å². The molecule has 1 amide bonds. The number of amides is 1. The molecule has 1 aromatic heterocycles. The van der Waals surface area contributed by atoms with E-state index in [4.69, 9.17) is 23.2 Å². The molecule has 0 spiro atoms. The molecule has 0 saturated heterocycles. The molecule has 0 radical (unpaired) electrons. The van der Waals surface area contributed by atoms with E-state index in [9.17, 15) is 4.79 Å². The van der Waals surface area contributed by atoms with Crippen LogP contribution in [0.3, 0.4) is 0 Å². The van der Waals surface area contributed by atoms with Gasteiger partial charge in [0.1, 0.15) is 5.82 Å². The fourth-order valence-corrected chi connectivity index (χ4v) is 3.04. The van der Waals surface area contributed by atoms with Crippen molar-refractivity contribution in [3.8, 4) is 0 Å². The molecule has 1 heterocycles. The molecule has 1 N–H and O–H groups in total. The number of fused-ring (bicyclic) bond motifs is 1. The Morgan fingerprint density at radius 2 is 2.00 bits per heavy atom. The van der Waals surface area contributed by atoms with Gasteiger partial charge in [0, 0.05) is 15.6 Å². The normalized spacial score (nSPS) is 10.8. The lowest BCUT2D eigenvalue weighted by atomic mass is 10.2. The molecule has 0 aliphatic heterocycles. The van der Waals surface area contributed by atoms with Gasteiger partial charge < -0.3 is 9.88 Å². The monoisotopic (exact) mass is 373 g/mol. The number of hydrogen-bond donors (Lipinski definition) is 1. The zero-order valence-corrected chi connectivity index (χ0v) is 15.2. The predicted octanol–water partition coefficient (Wildman–Crippen LogP) is 4.58. The average molecular weight is 374 g/mol. The fourth-order valence-electron chi connectivity index (χ4n) is 2.57. The first-order chi connectivity index (χ1) is 12.0. The molecule has 3 aromatic rings. The molecule has 4 nitrogen and oxygen atoms in total. The van der Waals surface area contributed by atoms with Crippen molar-refractivity contribution < 1.29 is 4.79 Å². The van der Waals surface area contributed by atoms with Crippen LogP contribution >= 0.6 is 23.2 Å². The van der Waals surface area contributed by atoms with Gasteiger partial charge in [-0.15, -0.1) is 0 Å². The van der Waals surface area contributed by atoms with Gasteiger partial charge in [0.15, 0.2) is 0 Å². The molecule has 0 bridgehead atoms. The molecule has 128 valence electrons. The van der Waals surface area contributed by atoms with E-state index in [-0.39, 0.29) is 5.91 Å². The van der Waals surface area contributed by atoms with Gasteiger partial charge in [0.2, 0.25) is 5.91 Å². The summed E-state index contributed by atoms with van der Waals surface area (Å²) in [5.74, 6) is 0.560. The standard InChI is InChI=1S/C19H17Cl2N3O/c1-12(2)19(25)22-10-18-23-16-5-3-4-6-17(16)24(18)11-13-7-8-14(20)9-15(13)21/h3-9H,1,10-11H2,2H3,(H,22,25). The van der Waals surface area contributed by atoms with E-state index in [0.717, 1.165) is 22.4 Å². The highest BCUT2D eigenvalue weighted by Crippen LogP contribution is 2.24. The largest absolute Gasteiger partial charge is 0.345 e. The zero-order valence-electron chi connectivity index (χ0n) is 13.7. The Labute approximate surface area is 156 Å². The maximum Gasteiger partial charge on any atom is 0.246 e. The highest BCUT2D eigenvalue weighted by Gasteiger charge is 2.13. The number of halogens is 2. The second-order valence-corrected chi connectivity index (χ2v) is 6.65. The Morgan fingerprint density at radius 3 is 2.72 bits per heavy atom. The zero-order chi connectivity index (χ0) is 18.0. The van der Waals surface area contributed by atoms with Gasteiger partial charge in [0.25, 0.3) is 0 Å². The van der Waals surface area contributed by atoms with Gasteiger partial charge >= 0.3 is 0 Å². The number of carbonyl (C=O) groups excluding carboxylic acids is 1. The van der Waals surface area contributed by atoms with Crippen molar-refractivity contribution >= 4 is 40.1 Å². The van der Waals surface area contributed by atoms with E-state index in [2.05, 4.69) is 16.9 Å². The van der Waals surface area contributed by atoms with Gasteiger partial charge in [-0.3, -0.25) is 4.79 Å². The molecular weight excluding hydrogens is 357 g/mol. The minimum Gasteiger partial charge on any atom is -0.345 e. The molecule has 6 heteroatoms. The van der Waals surface area contributed by atoms with E-state index in [1.54, 1.807) is 13.0 Å². The smallest absolute Gasteiger partial charge is 0.246 e. The Bertz CT molecular complexity index is 962. The molecule has 0 saturated carbocycles. The van der Waals surface area contributed by atoms with Crippen LogP contribution in [0.15, 0.2) is 54.6 Å². The number of imidazole rings is 1. The Morgan fingerprint density at radius 1 is 1.24 bits per heavy atom. The molecule has 2 aromatic carbocycles. The highest BCUT2D eigenvalue weighted by molar-refractivity contribution is 6.35. The van der Waals surface area contributed by atoms with Crippen molar-refractivity contribution in [1.29, 1.82) is 0 Å². The molecule has 0 aliphatic carbocycles. The van der Waals surface area contributed by atoms with Crippen LogP contribution in [0.1, 0.15) is 18.3 Å². The molecular formula is C19H17Cl2N3O. The minimum absolute atomic E-state index is 0.192. The summed E-state index contributed by atoms with van der Waals surface area (Å²) in [6.45, 7) is 6.17. The van der Waals surface area contributed by atoms with E-state index < -0.39 is 0 Å². The highest BCUT2D eigenvalue weighted by atomic mass is 35.5. The van der Waals surface area contributed by atoms with E-state index in [1.165, 1.54) is 0 Å². The molecule has 25 heavy (non-hydrogen) atoms. The summed E-state index contributed by atoms with van der Waals surface area (Å²) in [4.78, 5) is 16.4. The van der Waals surface area contributed by atoms with Crippen LogP contribution in [0.2, 0.25) is 10.0 Å². The van der Waals surface area contributed by atoms with Crippen molar-refractivity contribution in [2.45, 2.75) is 20.0 Å². The average Bonchev–Trinajstić information content (AvgIpc) is 2.92. The van der Waals surface area contributed by atoms with Crippen LogP contribution in [-0.4, -0.2) is 15.5 Å². The van der Waals surface area contributed by atoms with Gasteiger partial charge in [-0.2, -0.15) is 0 Å². The van der Waals surface area contributed by atoms with Gasteiger partial charge in [0.05, 0.1) is 24.1 Å². The summed E-state index contributed by atoms with van der Waals surface area (Å²) < 4.78 is 2.04. The summed E-state index contributed by atoms with van der Waals surface area (Å²) in [5.41, 5.74) is 3.24. The van der Waals surface area contributed by atoms with E-state index >= 15 is 0 Å². The second-order valence-electron chi connectivity index (χ2n) is 5.80. The minimum atomic E-state index is -0.192. The number of carbonyl (C=O) groups is 1. The quantitative estimate of drug-likeness (QED) is 0.665. The lowest BCUT2D eigenvalue weighted by Crippen LogP contribution is -2.25. The maximum absolute atomic E-state index is 11.8. The van der Waals surface area contributed by atoms with Crippen molar-refractivity contribution in [1.82, 2.24) is 14.9 Å². The number of hydrogen-bond acceptors (Lipinski definition) is 2. The van der Waals surface area contributed by atoms with Crippen molar-refractivity contribution in [3.63, 3.8) is 0 Å². The lowest BCUT2D eigenvalue weighted by molar-refractivity contribution is -0.117. The van der Waals surface area contributed by atoms with E-state index in [0.29, 0.717) is 28.7 Å². The Hall–Kier alpha value is -2.30. The van der Waals surface area contributed by atoms with Crippen LogP contribution < -0.4 is 5.32 Å². The number of aromatic nitrogens is 2. The van der Waals surface area contributed by atoms with Gasteiger partial charge in [-0.1, -0.05) is 48.0 Å². The van der Waals surface area contributed by atoms with E-state index in [1.807, 2.05) is 41.0 Å². The van der Waals surface area contributed by atoms with Crippen molar-refractivity contribution in [3.05, 3.63) is 76.0 Å². The first-order valence-corrected chi connectivity index (χ1v) is 8.53. The van der Waals surface area contributed by atoms with Crippen LogP contribution in [-0.2, 0) is 17.9 Å². The number of rotatable bonds is 5. The van der Waals surface area contributed by atoms with Crippen LogP contribution in [0, 0.1) is 0 Å². The van der Waals surface area contributed by atoms with Gasteiger partial charge in [-0.25, -0.2) is 4.98 Å². The SMILES string of the molecule is C=C(C)C(=O)NCc1nc2ccccc2n1Cc1ccc(Cl)cc1Cl.